The van der Waals surface area contributed by atoms with Crippen LogP contribution in [0, 0.1) is 0 Å². The van der Waals surface area contributed by atoms with Gasteiger partial charge in [0.1, 0.15) is 5.52 Å². The van der Waals surface area contributed by atoms with Crippen molar-refractivity contribution in [2.45, 2.75) is 31.3 Å². The molecule has 4 N–H and O–H groups in total. The minimum atomic E-state index is -0.943. The van der Waals surface area contributed by atoms with Gasteiger partial charge in [0.05, 0.1) is 16.8 Å². The number of piperidine rings is 1. The molecule has 2 aromatic rings. The largest absolute Gasteiger partial charge is 0.386 e. The second kappa shape index (κ2) is 7.76. The number of rotatable bonds is 6. The van der Waals surface area contributed by atoms with Crippen molar-refractivity contribution in [2.75, 3.05) is 31.1 Å². The average Bonchev–Trinajstić information content (AvgIpc) is 2.64. The van der Waals surface area contributed by atoms with E-state index in [0.29, 0.717) is 32.4 Å². The standard InChI is InChI=1S/C18H25N5O2/c19-8-1-5-16(24)22-12-18(25)7-3-11-23(13-18)15-6-10-20-14-4-2-9-21-17(14)15/h2,4,6,9-10,25H,1,3,5,7-8,11-13,19H2,(H,22,24). The number of β-amino-alcohol motifs (C(OH)–C–C–N with tert-alkyl or cyclic N) is 1. The van der Waals surface area contributed by atoms with Crippen LogP contribution in [-0.2, 0) is 4.79 Å². The van der Waals surface area contributed by atoms with Gasteiger partial charge in [0.25, 0.3) is 0 Å². The average molecular weight is 343 g/mol. The molecule has 134 valence electrons. The van der Waals surface area contributed by atoms with Gasteiger partial charge in [-0.3, -0.25) is 14.8 Å². The summed E-state index contributed by atoms with van der Waals surface area (Å²) >= 11 is 0. The first-order valence-corrected chi connectivity index (χ1v) is 8.75. The van der Waals surface area contributed by atoms with Crippen molar-refractivity contribution in [1.82, 2.24) is 15.3 Å². The third kappa shape index (κ3) is 4.24. The molecule has 25 heavy (non-hydrogen) atoms. The summed E-state index contributed by atoms with van der Waals surface area (Å²) in [7, 11) is 0. The number of aromatic nitrogens is 2. The lowest BCUT2D eigenvalue weighted by atomic mass is 9.92. The molecular weight excluding hydrogens is 318 g/mol. The van der Waals surface area contributed by atoms with Crippen LogP contribution in [0.15, 0.2) is 30.6 Å². The number of nitrogens with one attached hydrogen (secondary N) is 1. The maximum absolute atomic E-state index is 11.8. The Morgan fingerprint density at radius 3 is 3.08 bits per heavy atom. The van der Waals surface area contributed by atoms with E-state index in [1.165, 1.54) is 0 Å². The fourth-order valence-corrected chi connectivity index (χ4v) is 3.30. The SMILES string of the molecule is NCCCC(=O)NCC1(O)CCCN(c2ccnc3cccnc23)C1. The molecular formula is C18H25N5O2. The molecule has 1 fully saturated rings. The topological polar surface area (TPSA) is 104 Å². The van der Waals surface area contributed by atoms with Crippen LogP contribution < -0.4 is 16.0 Å². The Morgan fingerprint density at radius 1 is 1.36 bits per heavy atom. The Labute approximate surface area is 147 Å². The Balaban J connectivity index is 1.71. The molecule has 0 radical (unpaired) electrons. The zero-order chi connectivity index (χ0) is 17.7. The van der Waals surface area contributed by atoms with E-state index in [2.05, 4.69) is 20.2 Å². The fourth-order valence-electron chi connectivity index (χ4n) is 3.30. The van der Waals surface area contributed by atoms with Gasteiger partial charge < -0.3 is 21.1 Å². The Morgan fingerprint density at radius 2 is 2.24 bits per heavy atom. The van der Waals surface area contributed by atoms with Gasteiger partial charge in [-0.05, 0) is 44.0 Å². The van der Waals surface area contributed by atoms with Gasteiger partial charge in [0, 0.05) is 38.4 Å². The van der Waals surface area contributed by atoms with E-state index in [1.807, 2.05) is 18.2 Å². The van der Waals surface area contributed by atoms with Crippen LogP contribution in [0.25, 0.3) is 11.0 Å². The van der Waals surface area contributed by atoms with Crippen molar-refractivity contribution in [1.29, 1.82) is 0 Å². The lowest BCUT2D eigenvalue weighted by Gasteiger charge is -2.40. The molecule has 1 saturated heterocycles. The van der Waals surface area contributed by atoms with Crippen molar-refractivity contribution in [2.24, 2.45) is 5.73 Å². The fraction of sp³-hybridized carbons (Fsp3) is 0.500. The Hall–Kier alpha value is -2.25. The van der Waals surface area contributed by atoms with Gasteiger partial charge in [0.15, 0.2) is 0 Å². The van der Waals surface area contributed by atoms with Crippen LogP contribution in [0.4, 0.5) is 5.69 Å². The molecule has 1 atom stereocenters. The number of fused-ring (bicyclic) bond motifs is 1. The molecule has 7 heteroatoms. The lowest BCUT2D eigenvalue weighted by molar-refractivity contribution is -0.122. The second-order valence-corrected chi connectivity index (χ2v) is 6.62. The molecule has 3 heterocycles. The molecule has 2 aromatic heterocycles. The number of nitrogens with zero attached hydrogens (tertiary/aromatic N) is 3. The van der Waals surface area contributed by atoms with Crippen molar-refractivity contribution < 1.29 is 9.90 Å². The van der Waals surface area contributed by atoms with E-state index in [0.717, 1.165) is 29.7 Å². The minimum absolute atomic E-state index is 0.0629. The third-order valence-corrected chi connectivity index (χ3v) is 4.59. The van der Waals surface area contributed by atoms with Gasteiger partial charge in [0.2, 0.25) is 5.91 Å². The first kappa shape index (κ1) is 17.6. The number of nitrogens with two attached hydrogens (primary N) is 1. The number of aliphatic hydroxyl groups is 1. The van der Waals surface area contributed by atoms with E-state index in [-0.39, 0.29) is 12.5 Å². The van der Waals surface area contributed by atoms with Gasteiger partial charge >= 0.3 is 0 Å². The van der Waals surface area contributed by atoms with Crippen LogP contribution in [0.5, 0.6) is 0 Å². The Bertz CT molecular complexity index is 733. The number of pyridine rings is 2. The predicted molar refractivity (Wildman–Crippen MR) is 97.2 cm³/mol. The monoisotopic (exact) mass is 343 g/mol. The molecule has 7 nitrogen and oxygen atoms in total. The number of anilines is 1. The number of carbonyl (C=O) groups is 1. The maximum atomic E-state index is 11.8. The zero-order valence-corrected chi connectivity index (χ0v) is 14.3. The van der Waals surface area contributed by atoms with Crippen LogP contribution in [-0.4, -0.2) is 52.8 Å². The predicted octanol–water partition coefficient (Wildman–Crippen LogP) is 0.816. The minimum Gasteiger partial charge on any atom is -0.386 e. The molecule has 0 bridgehead atoms. The molecule has 3 rings (SSSR count). The maximum Gasteiger partial charge on any atom is 0.220 e. The molecule has 0 aliphatic carbocycles. The number of hydrogen-bond donors (Lipinski definition) is 3. The van der Waals surface area contributed by atoms with E-state index < -0.39 is 5.60 Å². The normalized spacial score (nSPS) is 20.6. The molecule has 1 unspecified atom stereocenters. The van der Waals surface area contributed by atoms with Crippen molar-refractivity contribution in [3.05, 3.63) is 30.6 Å². The third-order valence-electron chi connectivity index (χ3n) is 4.59. The van der Waals surface area contributed by atoms with E-state index >= 15 is 0 Å². The second-order valence-electron chi connectivity index (χ2n) is 6.62. The van der Waals surface area contributed by atoms with Crippen molar-refractivity contribution in [3.8, 4) is 0 Å². The highest BCUT2D eigenvalue weighted by Gasteiger charge is 2.34. The van der Waals surface area contributed by atoms with Gasteiger partial charge in [-0.25, -0.2) is 0 Å². The lowest BCUT2D eigenvalue weighted by Crippen LogP contribution is -2.54. The summed E-state index contributed by atoms with van der Waals surface area (Å²) in [6, 6.07) is 5.73. The smallest absolute Gasteiger partial charge is 0.220 e. The zero-order valence-electron chi connectivity index (χ0n) is 14.3. The quantitative estimate of drug-likeness (QED) is 0.717. The highest BCUT2D eigenvalue weighted by Crippen LogP contribution is 2.29. The summed E-state index contributed by atoms with van der Waals surface area (Å²) in [4.78, 5) is 22.7. The molecule has 1 aliphatic heterocycles. The first-order valence-electron chi connectivity index (χ1n) is 8.75. The van der Waals surface area contributed by atoms with E-state index in [4.69, 9.17) is 5.73 Å². The summed E-state index contributed by atoms with van der Waals surface area (Å²) in [5, 5.41) is 13.8. The number of carbonyl (C=O) groups excluding carboxylic acids is 1. The van der Waals surface area contributed by atoms with Crippen molar-refractivity contribution in [3.63, 3.8) is 0 Å². The van der Waals surface area contributed by atoms with Gasteiger partial charge in [-0.15, -0.1) is 0 Å². The van der Waals surface area contributed by atoms with Crippen molar-refractivity contribution >= 4 is 22.6 Å². The van der Waals surface area contributed by atoms with E-state index in [1.54, 1.807) is 12.4 Å². The van der Waals surface area contributed by atoms with Crippen LogP contribution >= 0.6 is 0 Å². The highest BCUT2D eigenvalue weighted by atomic mass is 16.3. The van der Waals surface area contributed by atoms with Gasteiger partial charge in [-0.2, -0.15) is 0 Å². The molecule has 0 aromatic carbocycles. The van der Waals surface area contributed by atoms with E-state index in [9.17, 15) is 9.90 Å². The van der Waals surface area contributed by atoms with Gasteiger partial charge in [-0.1, -0.05) is 0 Å². The summed E-state index contributed by atoms with van der Waals surface area (Å²) in [6.45, 7) is 2.05. The molecule has 0 spiro atoms. The summed E-state index contributed by atoms with van der Waals surface area (Å²) < 4.78 is 0. The molecule has 0 saturated carbocycles. The summed E-state index contributed by atoms with van der Waals surface area (Å²) in [6.07, 6.45) is 6.09. The number of hydrogen-bond acceptors (Lipinski definition) is 6. The Kier molecular flexibility index (Phi) is 5.45. The van der Waals surface area contributed by atoms with Crippen LogP contribution in [0.3, 0.4) is 0 Å². The highest BCUT2D eigenvalue weighted by molar-refractivity contribution is 5.87. The van der Waals surface area contributed by atoms with Crippen LogP contribution in [0.1, 0.15) is 25.7 Å². The molecule has 1 aliphatic rings. The summed E-state index contributed by atoms with van der Waals surface area (Å²) in [5.74, 6) is -0.0629. The number of amides is 1. The van der Waals surface area contributed by atoms with Crippen LogP contribution in [0.2, 0.25) is 0 Å². The molecule has 1 amide bonds. The first-order chi connectivity index (χ1) is 12.1. The summed E-state index contributed by atoms with van der Waals surface area (Å²) in [5.41, 5.74) is 7.12.